The highest BCUT2D eigenvalue weighted by atomic mass is 16.7. The van der Waals surface area contributed by atoms with Gasteiger partial charge in [-0.2, -0.15) is 4.68 Å². The number of ether oxygens (including phenoxy) is 2. The summed E-state index contributed by atoms with van der Waals surface area (Å²) in [5.41, 5.74) is 1.11. The molecule has 1 aromatic carbocycles. The van der Waals surface area contributed by atoms with Crippen LogP contribution in [0.5, 0.6) is 0 Å². The maximum absolute atomic E-state index is 12.8. The maximum Gasteiger partial charge on any atom is 0.372 e. The fraction of sp³-hybridized carbons (Fsp3) is 0.500. The molecule has 0 radical (unpaired) electrons. The molecule has 9 heteroatoms. The second-order valence-electron chi connectivity index (χ2n) is 5.84. The molecule has 0 aliphatic rings. The van der Waals surface area contributed by atoms with Crippen molar-refractivity contribution in [2.75, 3.05) is 19.1 Å². The smallest absolute Gasteiger partial charge is 0.354 e. The van der Waals surface area contributed by atoms with Gasteiger partial charge in [0.05, 0.1) is 6.54 Å². The Hall–Kier alpha value is -2.52. The van der Waals surface area contributed by atoms with Crippen molar-refractivity contribution < 1.29 is 14.3 Å². The van der Waals surface area contributed by atoms with Crippen molar-refractivity contribution in [3.63, 3.8) is 0 Å². The lowest BCUT2D eigenvalue weighted by atomic mass is 10.2. The van der Waals surface area contributed by atoms with Crippen LogP contribution in [0, 0.1) is 6.92 Å². The Balaban J connectivity index is 2.33. The van der Waals surface area contributed by atoms with Crippen molar-refractivity contribution in [2.45, 2.75) is 39.6 Å². The quantitative estimate of drug-likeness (QED) is 0.576. The van der Waals surface area contributed by atoms with Gasteiger partial charge in [-0.05, 0) is 43.3 Å². The number of benzene rings is 1. The number of carbonyl (C=O) groups is 1. The van der Waals surface area contributed by atoms with Crippen molar-refractivity contribution in [2.24, 2.45) is 0 Å². The van der Waals surface area contributed by atoms with Gasteiger partial charge in [0.2, 0.25) is 0 Å². The normalized spacial score (nSPS) is 11.3. The Morgan fingerprint density at radius 2 is 1.76 bits per heavy atom. The number of aromatic nitrogens is 4. The van der Waals surface area contributed by atoms with Crippen LogP contribution in [0.25, 0.3) is 0 Å². The fourth-order valence-corrected chi connectivity index (χ4v) is 2.33. The minimum atomic E-state index is -0.656. The highest BCUT2D eigenvalue weighted by Crippen LogP contribution is 2.18. The fourth-order valence-electron chi connectivity index (χ4n) is 2.33. The minimum Gasteiger partial charge on any atom is -0.354 e. The first-order valence-corrected chi connectivity index (χ1v) is 7.87. The summed E-state index contributed by atoms with van der Waals surface area (Å²) in [4.78, 5) is 26.8. The average molecular weight is 349 g/mol. The third-order valence-corrected chi connectivity index (χ3v) is 3.70. The summed E-state index contributed by atoms with van der Waals surface area (Å²) in [7, 11) is 2.90. The second-order valence-corrected chi connectivity index (χ2v) is 5.84. The van der Waals surface area contributed by atoms with E-state index in [0.717, 1.165) is 14.9 Å². The summed E-state index contributed by atoms with van der Waals surface area (Å²) in [5, 5.41) is 7.43. The molecule has 0 N–H and O–H groups in total. The second kappa shape index (κ2) is 8.04. The van der Waals surface area contributed by atoms with Gasteiger partial charge in [-0.15, -0.1) is 4.68 Å². The summed E-state index contributed by atoms with van der Waals surface area (Å²) < 4.78 is 11.8. The Bertz CT molecular complexity index is 762. The van der Waals surface area contributed by atoms with Crippen molar-refractivity contribution in [1.29, 1.82) is 0 Å². The molecule has 0 atom stereocenters. The molecule has 0 aliphatic carbocycles. The molecule has 0 unspecified atom stereocenters. The monoisotopic (exact) mass is 349 g/mol. The molecule has 0 spiro atoms. The van der Waals surface area contributed by atoms with Crippen LogP contribution in [0.2, 0.25) is 0 Å². The van der Waals surface area contributed by atoms with Crippen LogP contribution in [-0.2, 0) is 16.0 Å². The zero-order valence-electron chi connectivity index (χ0n) is 15.0. The van der Waals surface area contributed by atoms with Crippen LogP contribution in [-0.4, -0.2) is 52.4 Å². The summed E-state index contributed by atoms with van der Waals surface area (Å²) >= 11 is 0. The van der Waals surface area contributed by atoms with Crippen LogP contribution < -0.4 is 10.6 Å². The van der Waals surface area contributed by atoms with Crippen molar-refractivity contribution in [3.8, 4) is 0 Å². The summed E-state index contributed by atoms with van der Waals surface area (Å²) in [5.74, 6) is 0. The van der Waals surface area contributed by atoms with E-state index in [2.05, 4.69) is 10.4 Å². The number of rotatable bonds is 6. The van der Waals surface area contributed by atoms with Crippen molar-refractivity contribution in [1.82, 2.24) is 19.8 Å². The zero-order chi connectivity index (χ0) is 18.6. The van der Waals surface area contributed by atoms with E-state index in [9.17, 15) is 9.59 Å². The van der Waals surface area contributed by atoms with Gasteiger partial charge >= 0.3 is 11.7 Å². The molecule has 2 rings (SSSR count). The first-order chi connectivity index (χ1) is 11.9. The van der Waals surface area contributed by atoms with Gasteiger partial charge < -0.3 is 9.47 Å². The Kier molecular flexibility index (Phi) is 6.05. The standard InChI is InChI=1S/C16H23N5O4/c1-11(2)20(13-8-6-12(3)7-9-13)16(23)21-15(22)19(17-18-21)10-14(24-4)25-5/h6-9,11,14H,10H2,1-5H3. The SMILES string of the molecule is COC(Cn1nnn(C(=O)N(c2ccc(C)cc2)C(C)C)c1=O)OC. The van der Waals surface area contributed by atoms with Gasteiger partial charge in [0, 0.05) is 25.9 Å². The van der Waals surface area contributed by atoms with Crippen molar-refractivity contribution in [3.05, 3.63) is 40.3 Å². The van der Waals surface area contributed by atoms with Crippen LogP contribution in [0.1, 0.15) is 19.4 Å². The molecule has 0 fully saturated rings. The molecule has 1 aromatic heterocycles. The summed E-state index contributed by atoms with van der Waals surface area (Å²) in [6, 6.07) is 6.72. The first kappa shape index (κ1) is 18.8. The molecule has 2 aromatic rings. The highest BCUT2D eigenvalue weighted by Gasteiger charge is 2.25. The molecule has 9 nitrogen and oxygen atoms in total. The molecule has 0 saturated carbocycles. The largest absolute Gasteiger partial charge is 0.372 e. The molecular formula is C16H23N5O4. The van der Waals surface area contributed by atoms with Gasteiger partial charge in [-0.1, -0.05) is 17.7 Å². The molecule has 25 heavy (non-hydrogen) atoms. The molecule has 0 bridgehead atoms. The Morgan fingerprint density at radius 1 is 1.16 bits per heavy atom. The number of nitrogens with zero attached hydrogens (tertiary/aromatic N) is 5. The maximum atomic E-state index is 12.8. The third kappa shape index (κ3) is 4.12. The van der Waals surface area contributed by atoms with E-state index >= 15 is 0 Å². The summed E-state index contributed by atoms with van der Waals surface area (Å²) in [6.45, 7) is 5.72. The van der Waals surface area contributed by atoms with Crippen LogP contribution in [0.4, 0.5) is 10.5 Å². The average Bonchev–Trinajstić information content (AvgIpc) is 2.94. The van der Waals surface area contributed by atoms with Crippen LogP contribution in [0.3, 0.4) is 0 Å². The Morgan fingerprint density at radius 3 is 2.28 bits per heavy atom. The number of hydrogen-bond donors (Lipinski definition) is 0. The lowest BCUT2D eigenvalue weighted by molar-refractivity contribution is -0.113. The molecule has 1 heterocycles. The zero-order valence-corrected chi connectivity index (χ0v) is 15.0. The van der Waals surface area contributed by atoms with E-state index in [0.29, 0.717) is 5.69 Å². The Labute approximate surface area is 145 Å². The van der Waals surface area contributed by atoms with Gasteiger partial charge in [0.25, 0.3) is 0 Å². The van der Waals surface area contributed by atoms with Gasteiger partial charge in [-0.25, -0.2) is 9.59 Å². The number of carbonyl (C=O) groups excluding carboxylic acids is 1. The van der Waals surface area contributed by atoms with E-state index in [1.54, 1.807) is 0 Å². The number of hydrogen-bond acceptors (Lipinski definition) is 6. The topological polar surface area (TPSA) is 91.5 Å². The molecular weight excluding hydrogens is 326 g/mol. The number of methoxy groups -OCH3 is 2. The molecule has 136 valence electrons. The first-order valence-electron chi connectivity index (χ1n) is 7.87. The highest BCUT2D eigenvalue weighted by molar-refractivity contribution is 5.93. The lowest BCUT2D eigenvalue weighted by Gasteiger charge is -2.25. The predicted octanol–water partition coefficient (Wildman–Crippen LogP) is 1.25. The van der Waals surface area contributed by atoms with E-state index in [1.807, 2.05) is 45.0 Å². The van der Waals surface area contributed by atoms with Gasteiger partial charge in [-0.3, -0.25) is 4.90 Å². The van der Waals surface area contributed by atoms with E-state index in [-0.39, 0.29) is 12.6 Å². The summed E-state index contributed by atoms with van der Waals surface area (Å²) in [6.07, 6.45) is -0.656. The third-order valence-electron chi connectivity index (χ3n) is 3.70. The van der Waals surface area contributed by atoms with Crippen LogP contribution in [0.15, 0.2) is 29.1 Å². The molecule has 0 aliphatic heterocycles. The van der Waals surface area contributed by atoms with Gasteiger partial charge in [0.15, 0.2) is 6.29 Å². The number of aryl methyl sites for hydroxylation is 1. The van der Waals surface area contributed by atoms with Gasteiger partial charge in [0.1, 0.15) is 0 Å². The molecule has 1 amide bonds. The lowest BCUT2D eigenvalue weighted by Crippen LogP contribution is -2.45. The number of amides is 1. The molecule has 0 saturated heterocycles. The van der Waals surface area contributed by atoms with E-state index in [1.165, 1.54) is 19.1 Å². The van der Waals surface area contributed by atoms with Crippen LogP contribution >= 0.6 is 0 Å². The number of anilines is 1. The van der Waals surface area contributed by atoms with E-state index in [4.69, 9.17) is 9.47 Å². The number of tetrazole rings is 1. The van der Waals surface area contributed by atoms with Crippen molar-refractivity contribution >= 4 is 11.7 Å². The van der Waals surface area contributed by atoms with E-state index < -0.39 is 18.0 Å². The minimum absolute atomic E-state index is 0.0331. The predicted molar refractivity (Wildman–Crippen MR) is 91.7 cm³/mol.